The van der Waals surface area contributed by atoms with E-state index < -0.39 is 0 Å². The van der Waals surface area contributed by atoms with Crippen LogP contribution >= 0.6 is 0 Å². The topological polar surface area (TPSA) is 50.1 Å². The van der Waals surface area contributed by atoms with Crippen molar-refractivity contribution in [1.29, 1.82) is 0 Å². The lowest BCUT2D eigenvalue weighted by atomic mass is 9.93. The summed E-state index contributed by atoms with van der Waals surface area (Å²) >= 11 is 0. The lowest BCUT2D eigenvalue weighted by Gasteiger charge is -2.22. The average Bonchev–Trinajstić information content (AvgIpc) is 3.12. The molecule has 0 saturated heterocycles. The summed E-state index contributed by atoms with van der Waals surface area (Å²) in [7, 11) is 0. The number of nitrogens with zero attached hydrogens (tertiary/aromatic N) is 2. The van der Waals surface area contributed by atoms with Crippen LogP contribution in [0.3, 0.4) is 0 Å². The van der Waals surface area contributed by atoms with Gasteiger partial charge in [0.05, 0.1) is 17.3 Å². The molecule has 0 amide bonds. The summed E-state index contributed by atoms with van der Waals surface area (Å²) in [6.07, 6.45) is 1.78. The van der Waals surface area contributed by atoms with Gasteiger partial charge in [-0.1, -0.05) is 84.4 Å². The highest BCUT2D eigenvalue weighted by atomic mass is 16.5. The predicted octanol–water partition coefficient (Wildman–Crippen LogP) is 6.45. The summed E-state index contributed by atoms with van der Waals surface area (Å²) in [5, 5.41) is 15.8. The van der Waals surface area contributed by atoms with E-state index in [0.717, 1.165) is 39.1 Å². The van der Waals surface area contributed by atoms with Gasteiger partial charge in [-0.05, 0) is 30.7 Å². The Kier molecular flexibility index (Phi) is 4.89. The third-order valence-electron chi connectivity index (χ3n) is 5.59. The number of aromatic nitrogens is 2. The highest BCUT2D eigenvalue weighted by molar-refractivity contribution is 5.93. The first kappa shape index (κ1) is 18.9. The van der Waals surface area contributed by atoms with Crippen LogP contribution < -0.4 is 5.32 Å². The maximum atomic E-state index is 11.2. The molecule has 2 aromatic heterocycles. The molecule has 5 rings (SSSR count). The van der Waals surface area contributed by atoms with Crippen molar-refractivity contribution in [3.05, 3.63) is 120 Å². The van der Waals surface area contributed by atoms with Crippen molar-refractivity contribution < 1.29 is 5.21 Å². The van der Waals surface area contributed by atoms with Gasteiger partial charge in [0.2, 0.25) is 0 Å². The summed E-state index contributed by atoms with van der Waals surface area (Å²) in [6, 6.07) is 32.1. The summed E-state index contributed by atoms with van der Waals surface area (Å²) in [5.74, 6) is 0.779. The highest BCUT2D eigenvalue weighted by Crippen LogP contribution is 2.40. The molecule has 0 fully saturated rings. The number of nitrogens with one attached hydrogen (secondary N) is 1. The van der Waals surface area contributed by atoms with Crippen LogP contribution in [0.4, 0.5) is 5.82 Å². The SMILES string of the molecule is Cc1ccc(C(Nc2ccccn2)c2c(-c3ccccc3)n(O)c3ccccc23)cc1. The highest BCUT2D eigenvalue weighted by Gasteiger charge is 2.26. The Labute approximate surface area is 181 Å². The van der Waals surface area contributed by atoms with Gasteiger partial charge < -0.3 is 10.5 Å². The lowest BCUT2D eigenvalue weighted by Crippen LogP contribution is -2.14. The Morgan fingerprint density at radius 3 is 2.26 bits per heavy atom. The normalized spacial score (nSPS) is 12.0. The number of aryl methyl sites for hydroxylation is 1. The molecule has 0 aliphatic carbocycles. The number of rotatable bonds is 5. The van der Waals surface area contributed by atoms with Gasteiger partial charge in [-0.3, -0.25) is 0 Å². The van der Waals surface area contributed by atoms with Gasteiger partial charge in [0.1, 0.15) is 5.82 Å². The van der Waals surface area contributed by atoms with Crippen LogP contribution in [-0.2, 0) is 0 Å². The molecule has 2 heterocycles. The second-order valence-electron chi connectivity index (χ2n) is 7.66. The van der Waals surface area contributed by atoms with Crippen LogP contribution in [0.25, 0.3) is 22.2 Å². The number of pyridine rings is 1. The van der Waals surface area contributed by atoms with E-state index in [4.69, 9.17) is 0 Å². The fourth-order valence-corrected chi connectivity index (χ4v) is 4.09. The fraction of sp³-hybridized carbons (Fsp3) is 0.0741. The third-order valence-corrected chi connectivity index (χ3v) is 5.59. The third kappa shape index (κ3) is 3.53. The van der Waals surface area contributed by atoms with Crippen LogP contribution in [0.1, 0.15) is 22.7 Å². The molecule has 4 heteroatoms. The Balaban J connectivity index is 1.79. The zero-order valence-corrected chi connectivity index (χ0v) is 17.2. The molecule has 0 saturated carbocycles. The van der Waals surface area contributed by atoms with Gasteiger partial charge in [-0.15, -0.1) is 0 Å². The minimum absolute atomic E-state index is 0.205. The summed E-state index contributed by atoms with van der Waals surface area (Å²) < 4.78 is 1.31. The maximum Gasteiger partial charge on any atom is 0.126 e. The van der Waals surface area contributed by atoms with Crippen molar-refractivity contribution in [2.45, 2.75) is 13.0 Å². The van der Waals surface area contributed by atoms with Crippen LogP contribution in [0.2, 0.25) is 0 Å². The summed E-state index contributed by atoms with van der Waals surface area (Å²) in [5.41, 5.74) is 5.82. The second-order valence-corrected chi connectivity index (χ2v) is 7.66. The van der Waals surface area contributed by atoms with E-state index >= 15 is 0 Å². The molecule has 152 valence electrons. The summed E-state index contributed by atoms with van der Waals surface area (Å²) in [4.78, 5) is 4.50. The van der Waals surface area contributed by atoms with Crippen LogP contribution in [0, 0.1) is 6.92 Å². The molecule has 2 N–H and O–H groups in total. The zero-order valence-electron chi connectivity index (χ0n) is 17.2. The molecule has 5 aromatic rings. The Bertz CT molecular complexity index is 1310. The monoisotopic (exact) mass is 405 g/mol. The fourth-order valence-electron chi connectivity index (χ4n) is 4.09. The molecule has 0 radical (unpaired) electrons. The Hall–Kier alpha value is -4.05. The van der Waals surface area contributed by atoms with Crippen molar-refractivity contribution in [3.63, 3.8) is 0 Å². The first-order valence-corrected chi connectivity index (χ1v) is 10.3. The van der Waals surface area contributed by atoms with Gasteiger partial charge in [-0.25, -0.2) is 4.98 Å². The molecule has 4 nitrogen and oxygen atoms in total. The first-order chi connectivity index (χ1) is 15.2. The van der Waals surface area contributed by atoms with Crippen LogP contribution in [0.15, 0.2) is 103 Å². The molecule has 0 aliphatic heterocycles. The Morgan fingerprint density at radius 2 is 1.52 bits per heavy atom. The van der Waals surface area contributed by atoms with Crippen LogP contribution in [-0.4, -0.2) is 14.9 Å². The van der Waals surface area contributed by atoms with E-state index in [1.807, 2.05) is 66.7 Å². The van der Waals surface area contributed by atoms with Crippen molar-refractivity contribution in [3.8, 4) is 11.3 Å². The molecular formula is C27H23N3O. The molecule has 0 spiro atoms. The number of hydrogen-bond acceptors (Lipinski definition) is 3. The van der Waals surface area contributed by atoms with Gasteiger partial charge in [0.25, 0.3) is 0 Å². The molecule has 31 heavy (non-hydrogen) atoms. The van der Waals surface area contributed by atoms with Gasteiger partial charge in [-0.2, -0.15) is 4.73 Å². The van der Waals surface area contributed by atoms with E-state index in [9.17, 15) is 5.21 Å². The summed E-state index contributed by atoms with van der Waals surface area (Å²) in [6.45, 7) is 2.08. The zero-order chi connectivity index (χ0) is 21.2. The molecule has 3 aromatic carbocycles. The number of fused-ring (bicyclic) bond motifs is 1. The van der Waals surface area contributed by atoms with E-state index in [1.54, 1.807) is 6.20 Å². The van der Waals surface area contributed by atoms with Gasteiger partial charge in [0.15, 0.2) is 0 Å². The minimum Gasteiger partial charge on any atom is -0.428 e. The lowest BCUT2D eigenvalue weighted by molar-refractivity contribution is 0.204. The maximum absolute atomic E-state index is 11.2. The second kappa shape index (κ2) is 8.00. The van der Waals surface area contributed by atoms with Gasteiger partial charge >= 0.3 is 0 Å². The molecule has 1 atom stereocenters. The van der Waals surface area contributed by atoms with Crippen molar-refractivity contribution in [1.82, 2.24) is 9.71 Å². The van der Waals surface area contributed by atoms with Crippen LogP contribution in [0.5, 0.6) is 0 Å². The number of benzene rings is 3. The molecule has 0 aliphatic rings. The predicted molar refractivity (Wildman–Crippen MR) is 125 cm³/mol. The van der Waals surface area contributed by atoms with E-state index in [1.165, 1.54) is 10.3 Å². The first-order valence-electron chi connectivity index (χ1n) is 10.3. The minimum atomic E-state index is -0.205. The standard InChI is InChI=1S/C27H23N3O/c1-19-14-16-20(17-15-19)26(29-24-13-7-8-18-28-24)25-22-11-5-6-12-23(22)30(31)27(25)21-9-3-2-4-10-21/h2-18,26,31H,1H3,(H,28,29). The largest absolute Gasteiger partial charge is 0.428 e. The van der Waals surface area contributed by atoms with Crippen molar-refractivity contribution in [2.75, 3.05) is 5.32 Å². The van der Waals surface area contributed by atoms with E-state index in [0.29, 0.717) is 0 Å². The number of hydrogen-bond donors (Lipinski definition) is 2. The van der Waals surface area contributed by atoms with E-state index in [-0.39, 0.29) is 6.04 Å². The molecule has 0 bridgehead atoms. The van der Waals surface area contributed by atoms with Gasteiger partial charge in [0, 0.05) is 22.7 Å². The quantitative estimate of drug-likeness (QED) is 0.330. The van der Waals surface area contributed by atoms with E-state index in [2.05, 4.69) is 47.6 Å². The van der Waals surface area contributed by atoms with Crippen molar-refractivity contribution in [2.24, 2.45) is 0 Å². The number of anilines is 1. The number of para-hydroxylation sites is 1. The Morgan fingerprint density at radius 1 is 0.806 bits per heavy atom. The smallest absolute Gasteiger partial charge is 0.126 e. The average molecular weight is 406 g/mol. The molecule has 1 unspecified atom stereocenters. The van der Waals surface area contributed by atoms with Crippen molar-refractivity contribution >= 4 is 16.7 Å². The molecular weight excluding hydrogens is 382 g/mol.